The third kappa shape index (κ3) is 9.01. The molecule has 0 unspecified atom stereocenters. The molecule has 2 aromatic rings. The Hall–Kier alpha value is -1.68. The summed E-state index contributed by atoms with van der Waals surface area (Å²) in [7, 11) is -3.12. The van der Waals surface area contributed by atoms with Gasteiger partial charge in [0, 0.05) is 0 Å². The summed E-state index contributed by atoms with van der Waals surface area (Å²) in [5, 5.41) is 22.3. The second-order valence-corrected chi connectivity index (χ2v) is 14.3. The second-order valence-electron chi connectivity index (χ2n) is 13.8. The van der Waals surface area contributed by atoms with Gasteiger partial charge in [-0.3, -0.25) is 0 Å². The molecule has 4 nitrogen and oxygen atoms in total. The van der Waals surface area contributed by atoms with Crippen LogP contribution in [0.2, 0.25) is 0 Å². The lowest BCUT2D eigenvalue weighted by Gasteiger charge is -2.28. The minimum Gasteiger partial charge on any atom is -0.507 e. The van der Waals surface area contributed by atoms with E-state index in [1.54, 1.807) is 0 Å². The van der Waals surface area contributed by atoms with Gasteiger partial charge in [0.05, 0.1) is 0 Å². The highest BCUT2D eigenvalue weighted by molar-refractivity contribution is 7.38. The predicted octanol–water partition coefficient (Wildman–Crippen LogP) is 8.24. The van der Waals surface area contributed by atoms with E-state index < -0.39 is 8.69 Å². The van der Waals surface area contributed by atoms with Gasteiger partial charge in [-0.1, -0.05) is 107 Å². The molecule has 0 heterocycles. The number of benzene rings is 2. The maximum atomic E-state index is 11.2. The van der Waals surface area contributed by atoms with Gasteiger partial charge in [-0.05, 0) is 67.9 Å². The fourth-order valence-corrected chi connectivity index (χ4v) is 4.05. The Balaban J connectivity index is 0.00000150. The highest BCUT2D eigenvalue weighted by Gasteiger charge is 2.27. The highest BCUT2D eigenvalue weighted by atomic mass is 31.2. The van der Waals surface area contributed by atoms with Gasteiger partial charge in [-0.2, -0.15) is 4.20 Å². The molecule has 0 amide bonds. The first-order valence-corrected chi connectivity index (χ1v) is 13.7. The summed E-state index contributed by atoms with van der Waals surface area (Å²) in [5.74, 6) is 0.793. The Kier molecular flexibility index (Phi) is 10.2. The van der Waals surface area contributed by atoms with Gasteiger partial charge in [0.25, 0.3) is 0 Å². The van der Waals surface area contributed by atoms with E-state index in [-0.39, 0.29) is 21.7 Å². The number of aromatic hydroxyl groups is 2. The third-order valence-electron chi connectivity index (χ3n) is 6.39. The van der Waals surface area contributed by atoms with Gasteiger partial charge in [0.1, 0.15) is 11.5 Å². The van der Waals surface area contributed by atoms with Crippen molar-refractivity contribution in [3.05, 3.63) is 57.6 Å². The molecule has 204 valence electrons. The van der Waals surface area contributed by atoms with Crippen LogP contribution in [0, 0.1) is 0 Å². The van der Waals surface area contributed by atoms with Crippen molar-refractivity contribution in [1.29, 1.82) is 0 Å². The average molecular weight is 523 g/mol. The van der Waals surface area contributed by atoms with Crippen LogP contribution in [0.15, 0.2) is 24.3 Å². The van der Waals surface area contributed by atoms with Crippen LogP contribution in [0.3, 0.4) is 0 Å². The third-order valence-corrected chi connectivity index (χ3v) is 6.39. The van der Waals surface area contributed by atoms with Crippen molar-refractivity contribution in [2.75, 3.05) is 0 Å². The van der Waals surface area contributed by atoms with Crippen LogP contribution >= 0.6 is 8.69 Å². The topological polar surface area (TPSA) is 80.9 Å². The lowest BCUT2D eigenvalue weighted by Crippen LogP contribution is -2.18. The van der Waals surface area contributed by atoms with Crippen molar-refractivity contribution in [2.24, 2.45) is 0 Å². The molecule has 0 fully saturated rings. The summed E-state index contributed by atoms with van der Waals surface area (Å²) in [4.78, 5) is 14.0. The Morgan fingerprint density at radius 1 is 0.556 bits per heavy atom. The number of hydrogen-bond donors (Lipinski definition) is 4. The fourth-order valence-electron chi connectivity index (χ4n) is 4.05. The zero-order valence-electron chi connectivity index (χ0n) is 24.3. The fraction of sp³-hybridized carbons (Fsp3) is 0.600. The molecule has 2 aromatic carbocycles. The van der Waals surface area contributed by atoms with Crippen molar-refractivity contribution in [1.82, 2.24) is 0 Å². The minimum atomic E-state index is -3.12. The van der Waals surface area contributed by atoms with Crippen molar-refractivity contribution >= 4 is 8.69 Å². The van der Waals surface area contributed by atoms with E-state index in [0.29, 0.717) is 24.3 Å². The van der Waals surface area contributed by atoms with Gasteiger partial charge in [0.15, 0.2) is 0 Å². The van der Waals surface area contributed by atoms with E-state index in [9.17, 15) is 14.4 Å². The smallest absolute Gasteiger partial charge is 0.369 e. The predicted molar refractivity (Wildman–Crippen MR) is 151 cm³/mol. The molecule has 0 atom stereocenters. The second kappa shape index (κ2) is 11.4. The summed E-state index contributed by atoms with van der Waals surface area (Å²) >= 11 is 0. The van der Waals surface area contributed by atoms with Crippen LogP contribution < -0.4 is 0 Å². The highest BCUT2D eigenvalue weighted by Crippen LogP contribution is 2.40. The van der Waals surface area contributed by atoms with Crippen LogP contribution in [-0.2, 0) is 34.5 Å². The van der Waals surface area contributed by atoms with Crippen LogP contribution in [0.1, 0.15) is 116 Å². The first kappa shape index (κ1) is 32.3. The van der Waals surface area contributed by atoms with Gasteiger partial charge in [0.2, 0.25) is 0 Å². The largest absolute Gasteiger partial charge is 0.507 e. The van der Waals surface area contributed by atoms with E-state index in [2.05, 4.69) is 107 Å². The normalized spacial score (nSPS) is 13.0. The van der Waals surface area contributed by atoms with Crippen molar-refractivity contribution in [3.63, 3.8) is 0 Å². The Morgan fingerprint density at radius 2 is 0.806 bits per heavy atom. The SMILES string of the molecule is CC(C)(C)c1cc(CCc2cc(C(C)(C)C)cc(C(C)(C)C)c2O)c(O)c(C(C)(C)C)c1.OP(O)F. The van der Waals surface area contributed by atoms with Crippen LogP contribution in [-0.4, -0.2) is 20.0 Å². The van der Waals surface area contributed by atoms with Gasteiger partial charge in [-0.25, -0.2) is 0 Å². The minimum absolute atomic E-state index is 0.00382. The molecule has 0 saturated heterocycles. The van der Waals surface area contributed by atoms with E-state index >= 15 is 0 Å². The first-order valence-electron chi connectivity index (χ1n) is 12.5. The Labute approximate surface area is 219 Å². The van der Waals surface area contributed by atoms with Crippen LogP contribution in [0.5, 0.6) is 11.5 Å². The molecule has 0 bridgehead atoms. The van der Waals surface area contributed by atoms with Crippen molar-refractivity contribution in [2.45, 2.75) is 118 Å². The molecule has 0 radical (unpaired) electrons. The Morgan fingerprint density at radius 3 is 1.00 bits per heavy atom. The van der Waals surface area contributed by atoms with Crippen LogP contribution in [0.25, 0.3) is 0 Å². The number of halogens is 1. The Bertz CT molecular complexity index is 949. The number of phenolic OH excluding ortho intramolecular Hbond substituents is 2. The summed E-state index contributed by atoms with van der Waals surface area (Å²) in [6.45, 7) is 26.1. The molecule has 0 aliphatic carbocycles. The number of rotatable bonds is 3. The quantitative estimate of drug-likeness (QED) is 0.306. The zero-order chi connectivity index (χ0) is 28.4. The summed E-state index contributed by atoms with van der Waals surface area (Å²) < 4.78 is 10.2. The molecule has 0 aliphatic heterocycles. The van der Waals surface area contributed by atoms with E-state index in [0.717, 1.165) is 22.3 Å². The monoisotopic (exact) mass is 522 g/mol. The van der Waals surface area contributed by atoms with E-state index in [1.807, 2.05) is 0 Å². The molecule has 36 heavy (non-hydrogen) atoms. The number of aryl methyl sites for hydroxylation is 2. The van der Waals surface area contributed by atoms with Gasteiger partial charge >= 0.3 is 8.69 Å². The number of phenols is 2. The molecule has 0 spiro atoms. The van der Waals surface area contributed by atoms with Gasteiger partial charge in [-0.15, -0.1) is 0 Å². The molecule has 0 aliphatic rings. The maximum Gasteiger partial charge on any atom is 0.369 e. The first-order chi connectivity index (χ1) is 16.0. The average Bonchev–Trinajstić information content (AvgIpc) is 2.63. The van der Waals surface area contributed by atoms with Gasteiger partial charge < -0.3 is 20.0 Å². The molecular weight excluding hydrogens is 474 g/mol. The summed E-state index contributed by atoms with van der Waals surface area (Å²) in [6.07, 6.45) is 1.37. The lowest BCUT2D eigenvalue weighted by atomic mass is 9.77. The van der Waals surface area contributed by atoms with E-state index in [4.69, 9.17) is 9.79 Å². The zero-order valence-corrected chi connectivity index (χ0v) is 25.2. The maximum absolute atomic E-state index is 11.2. The molecule has 6 heteroatoms. The van der Waals surface area contributed by atoms with Crippen molar-refractivity contribution < 1.29 is 24.2 Å². The molecule has 0 saturated carbocycles. The van der Waals surface area contributed by atoms with Crippen LogP contribution in [0.4, 0.5) is 4.20 Å². The molecular formula is C30H48FO4P. The summed E-state index contributed by atoms with van der Waals surface area (Å²) in [6, 6.07) is 8.63. The lowest BCUT2D eigenvalue weighted by molar-refractivity contribution is 0.428. The number of hydrogen-bond acceptors (Lipinski definition) is 4. The standard InChI is InChI=1S/C30H46O2.FH2O2P/c1-27(2,3)21-15-19(25(31)23(17-21)29(7,8)9)13-14-20-16-22(28(4,5)6)18-24(26(20)32)30(10,11)12;1-4(2)3/h15-18,31-32H,13-14H2,1-12H3;2-3H. The molecule has 2 rings (SSSR count). The van der Waals surface area contributed by atoms with E-state index in [1.165, 1.54) is 11.1 Å². The molecule has 0 aromatic heterocycles. The molecule has 4 N–H and O–H groups in total. The summed E-state index contributed by atoms with van der Waals surface area (Å²) in [5.41, 5.74) is 6.07. The van der Waals surface area contributed by atoms with Crippen molar-refractivity contribution in [3.8, 4) is 11.5 Å².